The van der Waals surface area contributed by atoms with Crippen LogP contribution in [0.5, 0.6) is 17.2 Å². The highest BCUT2D eigenvalue weighted by molar-refractivity contribution is 6.46. The third-order valence-corrected chi connectivity index (χ3v) is 6.42. The van der Waals surface area contributed by atoms with Crippen LogP contribution in [0.2, 0.25) is 0 Å². The minimum atomic E-state index is -0.786. The molecule has 3 aromatic rings. The summed E-state index contributed by atoms with van der Waals surface area (Å²) < 4.78 is 17.0. The molecular formula is C29H28N2O6. The van der Waals surface area contributed by atoms with E-state index in [0.29, 0.717) is 48.2 Å². The van der Waals surface area contributed by atoms with Crippen molar-refractivity contribution in [2.24, 2.45) is 0 Å². The largest absolute Gasteiger partial charge is 0.507 e. The van der Waals surface area contributed by atoms with Crippen molar-refractivity contribution < 1.29 is 28.9 Å². The summed E-state index contributed by atoms with van der Waals surface area (Å²) in [5.41, 5.74) is 1.90. The van der Waals surface area contributed by atoms with Gasteiger partial charge in [-0.15, -0.1) is 0 Å². The number of carbonyl (C=O) groups excluding carboxylic acids is 2. The van der Waals surface area contributed by atoms with Crippen LogP contribution in [0, 0.1) is 0 Å². The van der Waals surface area contributed by atoms with Crippen molar-refractivity contribution >= 4 is 17.4 Å². The first kappa shape index (κ1) is 24.4. The number of fused-ring (bicyclic) bond motifs is 1. The van der Waals surface area contributed by atoms with E-state index in [1.54, 1.807) is 42.7 Å². The Morgan fingerprint density at radius 2 is 1.76 bits per heavy atom. The van der Waals surface area contributed by atoms with Crippen molar-refractivity contribution in [1.82, 2.24) is 9.88 Å². The third kappa shape index (κ3) is 5.00. The Kier molecular flexibility index (Phi) is 7.07. The summed E-state index contributed by atoms with van der Waals surface area (Å²) >= 11 is 0. The molecule has 8 nitrogen and oxygen atoms in total. The quantitative estimate of drug-likeness (QED) is 0.208. The molecule has 5 rings (SSSR count). The zero-order valence-electron chi connectivity index (χ0n) is 20.6. The fourth-order valence-corrected chi connectivity index (χ4v) is 4.50. The van der Waals surface area contributed by atoms with Crippen LogP contribution in [0.3, 0.4) is 0 Å². The Bertz CT molecular complexity index is 1320. The Hall–Kier alpha value is -4.33. The maximum Gasteiger partial charge on any atom is 0.295 e. The van der Waals surface area contributed by atoms with Crippen LogP contribution in [-0.2, 0) is 16.1 Å². The van der Waals surface area contributed by atoms with Gasteiger partial charge in [0.15, 0.2) is 11.5 Å². The number of pyridine rings is 1. The maximum absolute atomic E-state index is 13.3. The van der Waals surface area contributed by atoms with Gasteiger partial charge in [-0.2, -0.15) is 0 Å². The molecule has 1 saturated heterocycles. The molecule has 1 N–H and O–H groups in total. The third-order valence-electron chi connectivity index (χ3n) is 6.42. The molecule has 0 aliphatic carbocycles. The predicted molar refractivity (Wildman–Crippen MR) is 136 cm³/mol. The smallest absolute Gasteiger partial charge is 0.295 e. The minimum absolute atomic E-state index is 0.0235. The highest BCUT2D eigenvalue weighted by Crippen LogP contribution is 2.42. The molecule has 0 spiro atoms. The van der Waals surface area contributed by atoms with Gasteiger partial charge in [-0.05, 0) is 60.0 Å². The van der Waals surface area contributed by atoms with Gasteiger partial charge in [-0.3, -0.25) is 14.6 Å². The summed E-state index contributed by atoms with van der Waals surface area (Å²) in [5, 5.41) is 11.4. The Morgan fingerprint density at radius 3 is 2.49 bits per heavy atom. The van der Waals surface area contributed by atoms with Crippen molar-refractivity contribution in [2.75, 3.05) is 19.8 Å². The normalized spacial score (nSPS) is 18.2. The Labute approximate surface area is 215 Å². The fourth-order valence-electron chi connectivity index (χ4n) is 4.50. The van der Waals surface area contributed by atoms with Gasteiger partial charge in [0.05, 0.1) is 18.2 Å². The topological polar surface area (TPSA) is 98.2 Å². The van der Waals surface area contributed by atoms with Gasteiger partial charge in [-0.1, -0.05) is 25.5 Å². The summed E-state index contributed by atoms with van der Waals surface area (Å²) in [6.45, 7) is 3.72. The molecule has 0 saturated carbocycles. The number of Topliss-reactive ketones (excluding diaryl/α,β-unsaturated/α-hetero) is 1. The molecule has 1 atom stereocenters. The lowest BCUT2D eigenvalue weighted by Crippen LogP contribution is -2.29. The summed E-state index contributed by atoms with van der Waals surface area (Å²) in [6, 6.07) is 15.1. The van der Waals surface area contributed by atoms with Crippen LogP contribution in [-0.4, -0.2) is 46.5 Å². The van der Waals surface area contributed by atoms with Crippen molar-refractivity contribution in [3.05, 3.63) is 89.3 Å². The molecule has 2 aliphatic rings. The molecule has 0 radical (unpaired) electrons. The summed E-state index contributed by atoms with van der Waals surface area (Å²) in [5.74, 6) is 0.0671. The first-order chi connectivity index (χ1) is 18.1. The molecule has 0 bridgehead atoms. The van der Waals surface area contributed by atoms with E-state index < -0.39 is 17.7 Å². The van der Waals surface area contributed by atoms with E-state index in [4.69, 9.17) is 14.2 Å². The van der Waals surface area contributed by atoms with E-state index >= 15 is 0 Å². The van der Waals surface area contributed by atoms with Crippen LogP contribution >= 0.6 is 0 Å². The molecule has 1 unspecified atom stereocenters. The number of ether oxygens (including phenoxy) is 3. The number of carbonyl (C=O) groups is 2. The van der Waals surface area contributed by atoms with E-state index in [1.807, 2.05) is 24.3 Å². The number of benzene rings is 2. The van der Waals surface area contributed by atoms with E-state index in [9.17, 15) is 14.7 Å². The molecule has 190 valence electrons. The molecule has 1 fully saturated rings. The second-order valence-corrected chi connectivity index (χ2v) is 8.91. The average molecular weight is 501 g/mol. The predicted octanol–water partition coefficient (Wildman–Crippen LogP) is 4.65. The SMILES string of the molecule is CCCCOc1ccc(C2/C(=C(\O)c3ccc4c(c3)OCCO4)C(=O)C(=O)N2Cc2ccncc2)cc1. The fraction of sp³-hybridized carbons (Fsp3) is 0.276. The monoisotopic (exact) mass is 500 g/mol. The van der Waals surface area contributed by atoms with Gasteiger partial charge in [0.25, 0.3) is 11.7 Å². The van der Waals surface area contributed by atoms with Gasteiger partial charge in [0.1, 0.15) is 24.7 Å². The number of nitrogens with zero attached hydrogens (tertiary/aromatic N) is 2. The molecule has 2 aromatic carbocycles. The zero-order chi connectivity index (χ0) is 25.8. The van der Waals surface area contributed by atoms with Crippen LogP contribution in [0.4, 0.5) is 0 Å². The van der Waals surface area contributed by atoms with E-state index in [0.717, 1.165) is 18.4 Å². The highest BCUT2D eigenvalue weighted by Gasteiger charge is 2.46. The molecule has 3 heterocycles. The van der Waals surface area contributed by atoms with Gasteiger partial charge in [0, 0.05) is 24.5 Å². The standard InChI is InChI=1S/C29H28N2O6/c1-2-3-14-35-22-7-4-20(5-8-22)26-25(27(32)21-6-9-23-24(17-21)37-16-15-36-23)28(33)29(34)31(26)18-19-10-12-30-13-11-19/h4-13,17,26,32H,2-3,14-16,18H2,1H3/b27-25+. The van der Waals surface area contributed by atoms with E-state index in [2.05, 4.69) is 11.9 Å². The number of aromatic nitrogens is 1. The summed E-state index contributed by atoms with van der Waals surface area (Å²) in [4.78, 5) is 32.1. The second-order valence-electron chi connectivity index (χ2n) is 8.91. The zero-order valence-corrected chi connectivity index (χ0v) is 20.6. The molecule has 2 aliphatic heterocycles. The number of aliphatic hydroxyl groups excluding tert-OH is 1. The van der Waals surface area contributed by atoms with Gasteiger partial charge in [0.2, 0.25) is 0 Å². The summed E-state index contributed by atoms with van der Waals surface area (Å²) in [7, 11) is 0. The van der Waals surface area contributed by atoms with Crippen LogP contribution in [0.1, 0.15) is 42.5 Å². The van der Waals surface area contributed by atoms with Crippen LogP contribution in [0.15, 0.2) is 72.6 Å². The maximum atomic E-state index is 13.3. The number of rotatable bonds is 8. The van der Waals surface area contributed by atoms with Crippen molar-refractivity contribution in [3.63, 3.8) is 0 Å². The number of unbranched alkanes of at least 4 members (excludes halogenated alkanes) is 1. The number of ketones is 1. The van der Waals surface area contributed by atoms with Crippen molar-refractivity contribution in [1.29, 1.82) is 0 Å². The second kappa shape index (κ2) is 10.7. The molecule has 1 aromatic heterocycles. The molecule has 37 heavy (non-hydrogen) atoms. The average Bonchev–Trinajstić information content (AvgIpc) is 3.18. The number of amides is 1. The van der Waals surface area contributed by atoms with Gasteiger partial charge >= 0.3 is 0 Å². The van der Waals surface area contributed by atoms with Crippen LogP contribution in [0.25, 0.3) is 5.76 Å². The number of hydrogen-bond acceptors (Lipinski definition) is 7. The van der Waals surface area contributed by atoms with Crippen molar-refractivity contribution in [2.45, 2.75) is 32.4 Å². The Balaban J connectivity index is 1.56. The highest BCUT2D eigenvalue weighted by atomic mass is 16.6. The van der Waals surface area contributed by atoms with Crippen LogP contribution < -0.4 is 14.2 Å². The molecule has 8 heteroatoms. The Morgan fingerprint density at radius 1 is 1.03 bits per heavy atom. The van der Waals surface area contributed by atoms with Gasteiger partial charge < -0.3 is 24.2 Å². The van der Waals surface area contributed by atoms with E-state index in [1.165, 1.54) is 4.90 Å². The first-order valence-electron chi connectivity index (χ1n) is 12.4. The lowest BCUT2D eigenvalue weighted by molar-refractivity contribution is -0.140. The number of aliphatic hydroxyl groups is 1. The molecule has 1 amide bonds. The molecular weight excluding hydrogens is 472 g/mol. The van der Waals surface area contributed by atoms with Crippen molar-refractivity contribution in [3.8, 4) is 17.2 Å². The number of likely N-dealkylation sites (tertiary alicyclic amines) is 1. The lowest BCUT2D eigenvalue weighted by atomic mass is 9.95. The summed E-state index contributed by atoms with van der Waals surface area (Å²) in [6.07, 6.45) is 5.25. The number of hydrogen-bond donors (Lipinski definition) is 1. The minimum Gasteiger partial charge on any atom is -0.507 e. The first-order valence-corrected chi connectivity index (χ1v) is 12.4. The lowest BCUT2D eigenvalue weighted by Gasteiger charge is -2.26. The van der Waals surface area contributed by atoms with E-state index in [-0.39, 0.29) is 17.9 Å². The van der Waals surface area contributed by atoms with Gasteiger partial charge in [-0.25, -0.2) is 0 Å².